The van der Waals surface area contributed by atoms with Crippen molar-refractivity contribution in [2.75, 3.05) is 5.32 Å². The number of amides is 2. The number of nitrogens with zero attached hydrogens (tertiary/aromatic N) is 4. The Hall–Kier alpha value is -4.79. The maximum Gasteiger partial charge on any atom is 0.297 e. The van der Waals surface area contributed by atoms with Crippen LogP contribution in [-0.4, -0.2) is 31.0 Å². The van der Waals surface area contributed by atoms with E-state index in [0.717, 1.165) is 11.1 Å². The number of nitrogens with one attached hydrogen (secondary N) is 2. The number of fused-ring (bicyclic) bond motifs is 3. The van der Waals surface area contributed by atoms with Gasteiger partial charge in [0.05, 0.1) is 11.0 Å². The minimum atomic E-state index is -0.406. The van der Waals surface area contributed by atoms with Gasteiger partial charge in [-0.05, 0) is 42.0 Å². The van der Waals surface area contributed by atoms with Crippen LogP contribution in [0.15, 0.2) is 90.0 Å². The summed E-state index contributed by atoms with van der Waals surface area (Å²) in [5.74, 6) is -0.584. The van der Waals surface area contributed by atoms with E-state index in [1.807, 2.05) is 42.5 Å². The molecule has 2 aromatic heterocycles. The molecule has 0 spiro atoms. The molecular formula is C25H20N6O3. The van der Waals surface area contributed by atoms with Crippen LogP contribution in [-0.2, 0) is 17.9 Å². The first-order valence-electron chi connectivity index (χ1n) is 10.6. The van der Waals surface area contributed by atoms with Gasteiger partial charge >= 0.3 is 0 Å². The second-order valence-electron chi connectivity index (χ2n) is 7.70. The van der Waals surface area contributed by atoms with Gasteiger partial charge in [-0.2, -0.15) is 0 Å². The largest absolute Gasteiger partial charge is 0.348 e. The third-order valence-corrected chi connectivity index (χ3v) is 5.44. The van der Waals surface area contributed by atoms with Gasteiger partial charge in [-0.1, -0.05) is 42.5 Å². The Morgan fingerprint density at radius 3 is 2.32 bits per heavy atom. The van der Waals surface area contributed by atoms with Gasteiger partial charge < -0.3 is 10.6 Å². The van der Waals surface area contributed by atoms with Crippen molar-refractivity contribution in [3.8, 4) is 0 Å². The van der Waals surface area contributed by atoms with Crippen molar-refractivity contribution in [1.29, 1.82) is 0 Å². The van der Waals surface area contributed by atoms with E-state index in [0.29, 0.717) is 23.3 Å². The molecule has 0 aliphatic heterocycles. The monoisotopic (exact) mass is 452 g/mol. The first kappa shape index (κ1) is 21.1. The number of hydrogen-bond acceptors (Lipinski definition) is 5. The van der Waals surface area contributed by atoms with Gasteiger partial charge in [-0.3, -0.25) is 23.4 Å². The standard InChI is InChI=1S/C25H20N6O3/c32-22(15-30-20-8-4-5-9-21(20)31-16-27-29-23(31)25(30)34)28-19-12-10-18(11-13-19)24(33)26-14-17-6-2-1-3-7-17/h1-13,16H,14-15H2,(H,26,33)(H,28,32). The van der Waals surface area contributed by atoms with Crippen LogP contribution < -0.4 is 16.2 Å². The van der Waals surface area contributed by atoms with E-state index in [1.165, 1.54) is 10.9 Å². The third-order valence-electron chi connectivity index (χ3n) is 5.44. The van der Waals surface area contributed by atoms with Crippen LogP contribution in [0, 0.1) is 0 Å². The average Bonchev–Trinajstić information content (AvgIpc) is 3.37. The fourth-order valence-electron chi connectivity index (χ4n) is 3.77. The highest BCUT2D eigenvalue weighted by Gasteiger charge is 2.15. The molecule has 5 rings (SSSR count). The van der Waals surface area contributed by atoms with Gasteiger partial charge in [0.2, 0.25) is 11.6 Å². The van der Waals surface area contributed by atoms with Crippen molar-refractivity contribution in [2.45, 2.75) is 13.1 Å². The number of carbonyl (C=O) groups excluding carboxylic acids is 2. The third kappa shape index (κ3) is 4.14. The van der Waals surface area contributed by atoms with Gasteiger partial charge in [0, 0.05) is 17.8 Å². The fourth-order valence-corrected chi connectivity index (χ4v) is 3.77. The Balaban J connectivity index is 1.29. The summed E-state index contributed by atoms with van der Waals surface area (Å²) in [5.41, 5.74) is 3.07. The van der Waals surface area contributed by atoms with Crippen molar-refractivity contribution in [2.24, 2.45) is 0 Å². The molecule has 0 saturated carbocycles. The Labute approximate surface area is 193 Å². The summed E-state index contributed by atoms with van der Waals surface area (Å²) in [5, 5.41) is 13.4. The van der Waals surface area contributed by atoms with Crippen LogP contribution in [0.2, 0.25) is 0 Å². The Bertz CT molecular complexity index is 1560. The maximum absolute atomic E-state index is 12.9. The molecule has 168 valence electrons. The predicted octanol–water partition coefficient (Wildman–Crippen LogP) is 2.61. The SMILES string of the molecule is O=C(Cn1c(=O)c2nncn2c2ccccc21)Nc1ccc(C(=O)NCc2ccccc2)cc1. The summed E-state index contributed by atoms with van der Waals surface area (Å²) in [6.45, 7) is 0.235. The molecule has 0 atom stereocenters. The van der Waals surface area contributed by atoms with Gasteiger partial charge in [-0.25, -0.2) is 0 Å². The summed E-state index contributed by atoms with van der Waals surface area (Å²) < 4.78 is 2.98. The molecule has 0 saturated heterocycles. The van der Waals surface area contributed by atoms with Crippen molar-refractivity contribution in [3.63, 3.8) is 0 Å². The quantitative estimate of drug-likeness (QED) is 0.412. The van der Waals surface area contributed by atoms with Gasteiger partial charge in [0.15, 0.2) is 0 Å². The minimum absolute atomic E-state index is 0.150. The molecule has 9 nitrogen and oxygen atoms in total. The molecule has 0 bridgehead atoms. The number of para-hydroxylation sites is 2. The van der Waals surface area contributed by atoms with Gasteiger partial charge in [0.25, 0.3) is 11.5 Å². The lowest BCUT2D eigenvalue weighted by molar-refractivity contribution is -0.116. The summed E-state index contributed by atoms with van der Waals surface area (Å²) in [4.78, 5) is 38.0. The molecule has 2 heterocycles. The van der Waals surface area contributed by atoms with Gasteiger partial charge in [0.1, 0.15) is 12.9 Å². The first-order valence-corrected chi connectivity index (χ1v) is 10.6. The average molecular weight is 452 g/mol. The number of anilines is 1. The number of benzene rings is 3. The van der Waals surface area contributed by atoms with Crippen LogP contribution in [0.1, 0.15) is 15.9 Å². The highest BCUT2D eigenvalue weighted by Crippen LogP contribution is 2.14. The topological polar surface area (TPSA) is 110 Å². The summed E-state index contributed by atoms with van der Waals surface area (Å²) in [7, 11) is 0. The molecule has 3 aromatic carbocycles. The smallest absolute Gasteiger partial charge is 0.297 e. The Morgan fingerprint density at radius 1 is 0.853 bits per heavy atom. The molecule has 2 N–H and O–H groups in total. The molecule has 0 aliphatic rings. The van der Waals surface area contributed by atoms with Crippen molar-refractivity contribution < 1.29 is 9.59 Å². The summed E-state index contributed by atoms with van der Waals surface area (Å²) in [6, 6.07) is 23.5. The number of aromatic nitrogens is 4. The maximum atomic E-state index is 12.9. The molecular weight excluding hydrogens is 432 g/mol. The van der Waals surface area contributed by atoms with Crippen LogP contribution >= 0.6 is 0 Å². The van der Waals surface area contributed by atoms with Crippen LogP contribution in [0.5, 0.6) is 0 Å². The summed E-state index contributed by atoms with van der Waals surface area (Å²) in [6.07, 6.45) is 1.47. The molecule has 0 radical (unpaired) electrons. The first-order chi connectivity index (χ1) is 16.6. The van der Waals surface area contributed by atoms with Crippen LogP contribution in [0.25, 0.3) is 16.7 Å². The molecule has 34 heavy (non-hydrogen) atoms. The van der Waals surface area contributed by atoms with Crippen molar-refractivity contribution in [1.82, 2.24) is 24.5 Å². The highest BCUT2D eigenvalue weighted by molar-refractivity contribution is 5.96. The Kier molecular flexibility index (Phi) is 5.57. The van der Waals surface area contributed by atoms with E-state index >= 15 is 0 Å². The number of hydrogen-bond donors (Lipinski definition) is 2. The Morgan fingerprint density at radius 2 is 1.56 bits per heavy atom. The molecule has 9 heteroatoms. The second kappa shape index (κ2) is 8.99. The molecule has 5 aromatic rings. The fraction of sp³-hybridized carbons (Fsp3) is 0.0800. The molecule has 0 fully saturated rings. The molecule has 0 aliphatic carbocycles. The van der Waals surface area contributed by atoms with Gasteiger partial charge in [-0.15, -0.1) is 10.2 Å². The van der Waals surface area contributed by atoms with E-state index in [2.05, 4.69) is 20.8 Å². The minimum Gasteiger partial charge on any atom is -0.348 e. The van der Waals surface area contributed by atoms with E-state index in [4.69, 9.17) is 0 Å². The zero-order valence-corrected chi connectivity index (χ0v) is 18.0. The molecule has 0 unspecified atom stereocenters. The predicted molar refractivity (Wildman–Crippen MR) is 127 cm³/mol. The lowest BCUT2D eigenvalue weighted by Gasteiger charge is -2.12. The molecule has 2 amide bonds. The highest BCUT2D eigenvalue weighted by atomic mass is 16.2. The van der Waals surface area contributed by atoms with Crippen molar-refractivity contribution in [3.05, 3.63) is 107 Å². The second-order valence-corrected chi connectivity index (χ2v) is 7.70. The lowest BCUT2D eigenvalue weighted by Crippen LogP contribution is -2.29. The van der Waals surface area contributed by atoms with Crippen molar-refractivity contribution >= 4 is 34.2 Å². The van der Waals surface area contributed by atoms with E-state index in [9.17, 15) is 14.4 Å². The lowest BCUT2D eigenvalue weighted by atomic mass is 10.1. The zero-order valence-electron chi connectivity index (χ0n) is 18.0. The number of rotatable bonds is 6. The van der Waals surface area contributed by atoms with Crippen LogP contribution in [0.3, 0.4) is 0 Å². The van der Waals surface area contributed by atoms with Crippen LogP contribution in [0.4, 0.5) is 5.69 Å². The normalized spacial score (nSPS) is 10.9. The number of carbonyl (C=O) groups is 2. The zero-order chi connectivity index (χ0) is 23.5. The van der Waals surface area contributed by atoms with E-state index in [1.54, 1.807) is 40.8 Å². The van der Waals surface area contributed by atoms with E-state index < -0.39 is 5.56 Å². The summed E-state index contributed by atoms with van der Waals surface area (Å²) >= 11 is 0. The van der Waals surface area contributed by atoms with E-state index in [-0.39, 0.29) is 24.0 Å².